The molecule has 1 N–H and O–H groups in total. The highest BCUT2D eigenvalue weighted by Gasteiger charge is 2.13. The summed E-state index contributed by atoms with van der Waals surface area (Å²) < 4.78 is 1.47. The SMILES string of the molecule is Cn1cnc(NCc2cc3c(s2)CCCC3)cc1=O. The number of anilines is 1. The van der Waals surface area contributed by atoms with Gasteiger partial charge in [-0.25, -0.2) is 4.98 Å². The van der Waals surface area contributed by atoms with E-state index in [0.29, 0.717) is 5.82 Å². The van der Waals surface area contributed by atoms with Crippen LogP contribution in [0.4, 0.5) is 5.82 Å². The number of hydrogen-bond acceptors (Lipinski definition) is 4. The van der Waals surface area contributed by atoms with Crippen molar-refractivity contribution < 1.29 is 0 Å². The maximum Gasteiger partial charge on any atom is 0.255 e. The zero-order valence-corrected chi connectivity index (χ0v) is 11.8. The van der Waals surface area contributed by atoms with Crippen molar-refractivity contribution in [1.29, 1.82) is 0 Å². The van der Waals surface area contributed by atoms with Crippen LogP contribution in [0.1, 0.15) is 28.2 Å². The molecule has 0 saturated carbocycles. The van der Waals surface area contributed by atoms with Crippen LogP contribution in [0, 0.1) is 0 Å². The molecule has 19 heavy (non-hydrogen) atoms. The summed E-state index contributed by atoms with van der Waals surface area (Å²) in [6, 6.07) is 3.83. The molecule has 0 unspecified atom stereocenters. The zero-order valence-electron chi connectivity index (χ0n) is 11.0. The van der Waals surface area contributed by atoms with Crippen LogP contribution in [-0.2, 0) is 26.4 Å². The Labute approximate surface area is 116 Å². The lowest BCUT2D eigenvalue weighted by atomic mass is 9.99. The first-order valence-corrected chi connectivity index (χ1v) is 7.41. The maximum atomic E-state index is 11.5. The first-order chi connectivity index (χ1) is 9.22. The van der Waals surface area contributed by atoms with Crippen LogP contribution in [0.25, 0.3) is 0 Å². The Morgan fingerprint density at radius 1 is 1.37 bits per heavy atom. The number of hydrogen-bond donors (Lipinski definition) is 1. The second-order valence-electron chi connectivity index (χ2n) is 4.95. The number of nitrogens with one attached hydrogen (secondary N) is 1. The summed E-state index contributed by atoms with van der Waals surface area (Å²) in [6.45, 7) is 0.748. The monoisotopic (exact) mass is 275 g/mol. The van der Waals surface area contributed by atoms with Crippen LogP contribution in [-0.4, -0.2) is 9.55 Å². The largest absolute Gasteiger partial charge is 0.365 e. The summed E-state index contributed by atoms with van der Waals surface area (Å²) in [6.07, 6.45) is 6.62. The number of nitrogens with zero attached hydrogens (tertiary/aromatic N) is 2. The molecule has 3 rings (SSSR count). The minimum Gasteiger partial charge on any atom is -0.365 e. The third-order valence-electron chi connectivity index (χ3n) is 3.47. The van der Waals surface area contributed by atoms with Crippen molar-refractivity contribution in [2.75, 3.05) is 5.32 Å². The van der Waals surface area contributed by atoms with Gasteiger partial charge < -0.3 is 9.88 Å². The highest BCUT2D eigenvalue weighted by Crippen LogP contribution is 2.29. The van der Waals surface area contributed by atoms with Gasteiger partial charge in [0.25, 0.3) is 5.56 Å². The number of thiophene rings is 1. The average molecular weight is 275 g/mol. The minimum absolute atomic E-state index is 0.0389. The highest BCUT2D eigenvalue weighted by atomic mass is 32.1. The van der Waals surface area contributed by atoms with Gasteiger partial charge in [-0.15, -0.1) is 11.3 Å². The van der Waals surface area contributed by atoms with Crippen LogP contribution < -0.4 is 10.9 Å². The van der Waals surface area contributed by atoms with Gasteiger partial charge in [-0.2, -0.15) is 0 Å². The number of rotatable bonds is 3. The fourth-order valence-electron chi connectivity index (χ4n) is 2.38. The Morgan fingerprint density at radius 3 is 3.00 bits per heavy atom. The summed E-state index contributed by atoms with van der Waals surface area (Å²) in [4.78, 5) is 18.6. The van der Waals surface area contributed by atoms with Crippen LogP contribution in [0.5, 0.6) is 0 Å². The van der Waals surface area contributed by atoms with Crippen LogP contribution in [0.3, 0.4) is 0 Å². The van der Waals surface area contributed by atoms with Crippen molar-refractivity contribution in [1.82, 2.24) is 9.55 Å². The third-order valence-corrected chi connectivity index (χ3v) is 4.71. The Kier molecular flexibility index (Phi) is 3.38. The summed E-state index contributed by atoms with van der Waals surface area (Å²) in [7, 11) is 1.70. The third kappa shape index (κ3) is 2.71. The van der Waals surface area contributed by atoms with E-state index in [1.165, 1.54) is 46.8 Å². The molecule has 0 fully saturated rings. The van der Waals surface area contributed by atoms with Gasteiger partial charge >= 0.3 is 0 Å². The summed E-state index contributed by atoms with van der Waals surface area (Å²) in [5.41, 5.74) is 1.48. The van der Waals surface area contributed by atoms with Gasteiger partial charge in [0, 0.05) is 22.9 Å². The fourth-order valence-corrected chi connectivity index (χ4v) is 3.58. The van der Waals surface area contributed by atoms with Crippen molar-refractivity contribution >= 4 is 17.2 Å². The molecule has 0 aliphatic heterocycles. The molecule has 0 saturated heterocycles. The van der Waals surface area contributed by atoms with E-state index in [1.807, 2.05) is 11.3 Å². The fraction of sp³-hybridized carbons (Fsp3) is 0.429. The van der Waals surface area contributed by atoms with Crippen LogP contribution >= 0.6 is 11.3 Å². The highest BCUT2D eigenvalue weighted by molar-refractivity contribution is 7.12. The molecule has 0 amide bonds. The standard InChI is InChI=1S/C14H17N3OS/c1-17-9-16-13(7-14(17)18)15-8-11-6-10-4-2-3-5-12(10)19-11/h6-7,9,15H,2-5,8H2,1H3. The number of aryl methyl sites for hydroxylation is 3. The molecule has 0 aromatic carbocycles. The number of fused-ring (bicyclic) bond motifs is 1. The minimum atomic E-state index is -0.0389. The molecule has 0 spiro atoms. The topological polar surface area (TPSA) is 46.9 Å². The smallest absolute Gasteiger partial charge is 0.255 e. The quantitative estimate of drug-likeness (QED) is 0.935. The molecule has 100 valence electrons. The molecular formula is C14H17N3OS. The van der Waals surface area contributed by atoms with Gasteiger partial charge in [-0.1, -0.05) is 0 Å². The average Bonchev–Trinajstić information content (AvgIpc) is 2.83. The normalized spacial score (nSPS) is 14.2. The molecule has 2 aromatic rings. The molecule has 1 aliphatic carbocycles. The predicted molar refractivity (Wildman–Crippen MR) is 77.8 cm³/mol. The van der Waals surface area contributed by atoms with E-state index >= 15 is 0 Å². The second-order valence-corrected chi connectivity index (χ2v) is 6.17. The molecule has 4 nitrogen and oxygen atoms in total. The molecule has 2 heterocycles. The van der Waals surface area contributed by atoms with Crippen molar-refractivity contribution in [3.8, 4) is 0 Å². The second kappa shape index (κ2) is 5.17. The maximum absolute atomic E-state index is 11.5. The number of aromatic nitrogens is 2. The van der Waals surface area contributed by atoms with E-state index in [1.54, 1.807) is 18.3 Å². The van der Waals surface area contributed by atoms with Gasteiger partial charge in [-0.3, -0.25) is 4.79 Å². The van der Waals surface area contributed by atoms with Crippen molar-refractivity contribution in [2.45, 2.75) is 32.2 Å². The van der Waals surface area contributed by atoms with E-state index in [9.17, 15) is 4.79 Å². The first kappa shape index (κ1) is 12.4. The molecule has 0 radical (unpaired) electrons. The Hall–Kier alpha value is -1.62. The van der Waals surface area contributed by atoms with Crippen molar-refractivity contribution in [3.05, 3.63) is 44.1 Å². The lowest BCUT2D eigenvalue weighted by Gasteiger charge is -2.08. The Balaban J connectivity index is 1.70. The van der Waals surface area contributed by atoms with E-state index in [2.05, 4.69) is 16.4 Å². The van der Waals surface area contributed by atoms with E-state index in [0.717, 1.165) is 6.54 Å². The Morgan fingerprint density at radius 2 is 2.21 bits per heavy atom. The Bertz CT molecular complexity index is 621. The van der Waals surface area contributed by atoms with Gasteiger partial charge in [0.15, 0.2) is 0 Å². The van der Waals surface area contributed by atoms with Gasteiger partial charge in [0.1, 0.15) is 5.82 Å². The lowest BCUT2D eigenvalue weighted by Crippen LogP contribution is -2.17. The molecule has 5 heteroatoms. The molecule has 2 aromatic heterocycles. The van der Waals surface area contributed by atoms with Crippen molar-refractivity contribution in [3.63, 3.8) is 0 Å². The zero-order chi connectivity index (χ0) is 13.2. The summed E-state index contributed by atoms with van der Waals surface area (Å²) in [5, 5.41) is 3.22. The molecule has 0 atom stereocenters. The van der Waals surface area contributed by atoms with E-state index in [-0.39, 0.29) is 5.56 Å². The van der Waals surface area contributed by atoms with Crippen LogP contribution in [0.2, 0.25) is 0 Å². The first-order valence-electron chi connectivity index (χ1n) is 6.59. The summed E-state index contributed by atoms with van der Waals surface area (Å²) >= 11 is 1.89. The predicted octanol–water partition coefficient (Wildman–Crippen LogP) is 2.33. The van der Waals surface area contributed by atoms with Gasteiger partial charge in [-0.05, 0) is 37.3 Å². The lowest BCUT2D eigenvalue weighted by molar-refractivity contribution is 0.697. The van der Waals surface area contributed by atoms with Crippen molar-refractivity contribution in [2.24, 2.45) is 7.05 Å². The molecular weight excluding hydrogens is 258 g/mol. The van der Waals surface area contributed by atoms with E-state index in [4.69, 9.17) is 0 Å². The van der Waals surface area contributed by atoms with E-state index < -0.39 is 0 Å². The summed E-state index contributed by atoms with van der Waals surface area (Å²) in [5.74, 6) is 0.648. The van der Waals surface area contributed by atoms with Gasteiger partial charge in [0.2, 0.25) is 0 Å². The van der Waals surface area contributed by atoms with Crippen LogP contribution in [0.15, 0.2) is 23.3 Å². The van der Waals surface area contributed by atoms with Gasteiger partial charge in [0.05, 0.1) is 12.9 Å². The molecule has 0 bridgehead atoms. The molecule has 1 aliphatic rings.